The molecule has 0 saturated heterocycles. The fourth-order valence-electron chi connectivity index (χ4n) is 2.25. The zero-order valence-electron chi connectivity index (χ0n) is 12.8. The van der Waals surface area contributed by atoms with Gasteiger partial charge < -0.3 is 9.47 Å². The molecule has 1 unspecified atom stereocenters. The Morgan fingerprint density at radius 1 is 1.50 bits per heavy atom. The predicted octanol–water partition coefficient (Wildman–Crippen LogP) is 1.50. The van der Waals surface area contributed by atoms with Crippen molar-refractivity contribution in [1.82, 2.24) is 4.72 Å². The Morgan fingerprint density at radius 3 is 2.86 bits per heavy atom. The maximum absolute atomic E-state index is 11.5. The van der Waals surface area contributed by atoms with Crippen LogP contribution in [0.3, 0.4) is 0 Å². The van der Waals surface area contributed by atoms with Crippen LogP contribution in [0.4, 0.5) is 0 Å². The van der Waals surface area contributed by atoms with E-state index in [9.17, 15) is 13.2 Å². The number of benzene rings is 1. The summed E-state index contributed by atoms with van der Waals surface area (Å²) in [7, 11) is -3.57. The Labute approximate surface area is 130 Å². The first-order valence-electron chi connectivity index (χ1n) is 6.94. The van der Waals surface area contributed by atoms with Crippen molar-refractivity contribution >= 4 is 22.0 Å². The number of ether oxygens (including phenoxy) is 2. The van der Waals surface area contributed by atoms with Crippen LogP contribution in [0.15, 0.2) is 18.2 Å². The summed E-state index contributed by atoms with van der Waals surface area (Å²) in [6, 6.07) is 3.70. The maximum atomic E-state index is 11.5. The summed E-state index contributed by atoms with van der Waals surface area (Å²) in [5.74, 6) is 0.696. The molecule has 0 aromatic heterocycles. The van der Waals surface area contributed by atoms with Crippen LogP contribution >= 0.6 is 0 Å². The minimum Gasteiger partial charge on any atom is -0.493 e. The zero-order valence-corrected chi connectivity index (χ0v) is 13.6. The van der Waals surface area contributed by atoms with Gasteiger partial charge >= 0.3 is 0 Å². The van der Waals surface area contributed by atoms with Crippen LogP contribution in [0.1, 0.15) is 25.0 Å². The van der Waals surface area contributed by atoms with Gasteiger partial charge in [-0.05, 0) is 32.1 Å². The third-order valence-corrected chi connectivity index (χ3v) is 3.60. The second-order valence-electron chi connectivity index (χ2n) is 5.14. The van der Waals surface area contributed by atoms with E-state index in [1.165, 1.54) is 6.08 Å². The van der Waals surface area contributed by atoms with Gasteiger partial charge in [0, 0.05) is 23.6 Å². The molecule has 6 nitrogen and oxygen atoms in total. The SMILES string of the molecule is CCOc1cc2c(cc1/C=C/C(=O)NS(C)(=O)=O)OC(C)C2. The van der Waals surface area contributed by atoms with Crippen LogP contribution in [0.25, 0.3) is 6.08 Å². The van der Waals surface area contributed by atoms with E-state index in [1.807, 2.05) is 24.6 Å². The van der Waals surface area contributed by atoms with E-state index in [1.54, 1.807) is 6.07 Å². The molecule has 0 radical (unpaired) electrons. The highest BCUT2D eigenvalue weighted by molar-refractivity contribution is 7.89. The van der Waals surface area contributed by atoms with Gasteiger partial charge in [-0.1, -0.05) is 0 Å². The van der Waals surface area contributed by atoms with E-state index in [0.717, 1.165) is 30.1 Å². The average molecular weight is 325 g/mol. The van der Waals surface area contributed by atoms with Crippen molar-refractivity contribution in [2.45, 2.75) is 26.4 Å². The van der Waals surface area contributed by atoms with Crippen LogP contribution in [-0.4, -0.2) is 33.3 Å². The van der Waals surface area contributed by atoms with Crippen molar-refractivity contribution in [1.29, 1.82) is 0 Å². The summed E-state index contributed by atoms with van der Waals surface area (Å²) >= 11 is 0. The van der Waals surface area contributed by atoms with Gasteiger partial charge in [0.15, 0.2) is 0 Å². The molecule has 0 fully saturated rings. The minimum atomic E-state index is -3.57. The van der Waals surface area contributed by atoms with Crippen molar-refractivity contribution in [3.8, 4) is 11.5 Å². The van der Waals surface area contributed by atoms with Crippen LogP contribution in [-0.2, 0) is 21.2 Å². The average Bonchev–Trinajstić information content (AvgIpc) is 2.73. The van der Waals surface area contributed by atoms with Gasteiger partial charge in [-0.15, -0.1) is 0 Å². The smallest absolute Gasteiger partial charge is 0.257 e. The maximum Gasteiger partial charge on any atom is 0.257 e. The number of carbonyl (C=O) groups excluding carboxylic acids is 1. The van der Waals surface area contributed by atoms with E-state index < -0.39 is 15.9 Å². The molecular weight excluding hydrogens is 306 g/mol. The number of hydrogen-bond acceptors (Lipinski definition) is 5. The van der Waals surface area contributed by atoms with Crippen molar-refractivity contribution in [3.05, 3.63) is 29.3 Å². The molecule has 1 aromatic rings. The van der Waals surface area contributed by atoms with Crippen molar-refractivity contribution in [3.63, 3.8) is 0 Å². The van der Waals surface area contributed by atoms with Gasteiger partial charge in [0.2, 0.25) is 10.0 Å². The molecule has 1 aliphatic rings. The van der Waals surface area contributed by atoms with E-state index in [-0.39, 0.29) is 6.10 Å². The van der Waals surface area contributed by atoms with Crippen LogP contribution in [0, 0.1) is 0 Å². The van der Waals surface area contributed by atoms with E-state index in [2.05, 4.69) is 0 Å². The lowest BCUT2D eigenvalue weighted by molar-refractivity contribution is -0.114. The van der Waals surface area contributed by atoms with E-state index >= 15 is 0 Å². The largest absolute Gasteiger partial charge is 0.493 e. The monoisotopic (exact) mass is 325 g/mol. The van der Waals surface area contributed by atoms with Gasteiger partial charge in [0.1, 0.15) is 17.6 Å². The highest BCUT2D eigenvalue weighted by Crippen LogP contribution is 2.35. The summed E-state index contributed by atoms with van der Waals surface area (Å²) in [4.78, 5) is 11.5. The molecule has 22 heavy (non-hydrogen) atoms. The lowest BCUT2D eigenvalue weighted by Gasteiger charge is -2.10. The lowest BCUT2D eigenvalue weighted by Crippen LogP contribution is -2.27. The third-order valence-electron chi connectivity index (χ3n) is 3.03. The predicted molar refractivity (Wildman–Crippen MR) is 83.4 cm³/mol. The highest BCUT2D eigenvalue weighted by atomic mass is 32.2. The number of rotatable bonds is 5. The quantitative estimate of drug-likeness (QED) is 0.830. The number of fused-ring (bicyclic) bond motifs is 1. The molecule has 1 aliphatic heterocycles. The first-order chi connectivity index (χ1) is 10.3. The molecular formula is C15H19NO5S. The number of hydrogen-bond donors (Lipinski definition) is 1. The third kappa shape index (κ3) is 4.24. The number of amides is 1. The topological polar surface area (TPSA) is 81.7 Å². The fourth-order valence-corrected chi connectivity index (χ4v) is 2.68. The first-order valence-corrected chi connectivity index (χ1v) is 8.84. The summed E-state index contributed by atoms with van der Waals surface area (Å²) in [6.07, 6.45) is 4.52. The Balaban J connectivity index is 2.26. The standard InChI is InChI=1S/C15H19NO5S/c1-4-20-13-9-12-7-10(2)21-14(12)8-11(13)5-6-15(17)16-22(3,18)19/h5-6,8-10H,4,7H2,1-3H3,(H,16,17)/b6-5+. The van der Waals surface area contributed by atoms with Crippen molar-refractivity contribution in [2.24, 2.45) is 0 Å². The van der Waals surface area contributed by atoms with E-state index in [0.29, 0.717) is 17.9 Å². The molecule has 7 heteroatoms. The summed E-state index contributed by atoms with van der Waals surface area (Å²) in [5.41, 5.74) is 1.73. The number of nitrogens with one attached hydrogen (secondary N) is 1. The molecule has 1 amide bonds. The molecule has 0 aliphatic carbocycles. The Morgan fingerprint density at radius 2 is 2.23 bits per heavy atom. The van der Waals surface area contributed by atoms with Gasteiger partial charge in [0.25, 0.3) is 5.91 Å². The number of sulfonamides is 1. The molecule has 1 heterocycles. The van der Waals surface area contributed by atoms with Crippen LogP contribution < -0.4 is 14.2 Å². The molecule has 1 aromatic carbocycles. The second-order valence-corrected chi connectivity index (χ2v) is 6.88. The van der Waals surface area contributed by atoms with Gasteiger partial charge in [-0.2, -0.15) is 0 Å². The number of carbonyl (C=O) groups is 1. The van der Waals surface area contributed by atoms with Crippen LogP contribution in [0.2, 0.25) is 0 Å². The van der Waals surface area contributed by atoms with Gasteiger partial charge in [-0.25, -0.2) is 13.1 Å². The Bertz CT molecular complexity index is 709. The lowest BCUT2D eigenvalue weighted by atomic mass is 10.1. The van der Waals surface area contributed by atoms with Crippen LogP contribution in [0.5, 0.6) is 11.5 Å². The second kappa shape index (κ2) is 6.39. The summed E-state index contributed by atoms with van der Waals surface area (Å²) < 4.78 is 35.1. The molecule has 1 N–H and O–H groups in total. The molecule has 2 rings (SSSR count). The fraction of sp³-hybridized carbons (Fsp3) is 0.400. The molecule has 0 bridgehead atoms. The Kier molecular flexibility index (Phi) is 4.75. The molecule has 0 saturated carbocycles. The molecule has 0 spiro atoms. The van der Waals surface area contributed by atoms with Crippen molar-refractivity contribution < 1.29 is 22.7 Å². The highest BCUT2D eigenvalue weighted by Gasteiger charge is 2.21. The minimum absolute atomic E-state index is 0.109. The molecule has 1 atom stereocenters. The normalized spacial score (nSPS) is 17.1. The van der Waals surface area contributed by atoms with E-state index in [4.69, 9.17) is 9.47 Å². The summed E-state index contributed by atoms with van der Waals surface area (Å²) in [6.45, 7) is 4.34. The van der Waals surface area contributed by atoms with Crippen molar-refractivity contribution in [2.75, 3.05) is 12.9 Å². The summed E-state index contributed by atoms with van der Waals surface area (Å²) in [5, 5.41) is 0. The first kappa shape index (κ1) is 16.4. The van der Waals surface area contributed by atoms with Gasteiger partial charge in [-0.3, -0.25) is 4.79 Å². The Hall–Kier alpha value is -2.02. The zero-order chi connectivity index (χ0) is 16.3. The molecule has 120 valence electrons. The van der Waals surface area contributed by atoms with Gasteiger partial charge in [0.05, 0.1) is 12.9 Å².